The maximum absolute atomic E-state index is 10.1. The van der Waals surface area contributed by atoms with Gasteiger partial charge in [0.1, 0.15) is 6.29 Å². The molecule has 0 heterocycles. The van der Waals surface area contributed by atoms with E-state index >= 15 is 0 Å². The molecule has 1 nitrogen and oxygen atoms in total. The number of aldehydes is 1. The highest BCUT2D eigenvalue weighted by atomic mass is 16.1. The van der Waals surface area contributed by atoms with Crippen LogP contribution in [0, 0.1) is 11.8 Å². The highest BCUT2D eigenvalue weighted by Gasteiger charge is 1.90. The predicted octanol–water partition coefficient (Wildman–Crippen LogP) is 4.67. The number of carbonyl (C=O) groups is 1. The van der Waals surface area contributed by atoms with Gasteiger partial charge in [-0.05, 0) is 25.3 Å². The first kappa shape index (κ1) is 16.0. The van der Waals surface area contributed by atoms with Crippen LogP contribution in [0.3, 0.4) is 0 Å². The molecule has 0 aromatic heterocycles. The van der Waals surface area contributed by atoms with Crippen LogP contribution < -0.4 is 0 Å². The summed E-state index contributed by atoms with van der Waals surface area (Å²) in [4.78, 5) is 10.1. The average molecular weight is 234 g/mol. The molecule has 0 atom stereocenters. The van der Waals surface area contributed by atoms with Gasteiger partial charge >= 0.3 is 0 Å². The van der Waals surface area contributed by atoms with Crippen LogP contribution in [-0.2, 0) is 4.79 Å². The van der Waals surface area contributed by atoms with Gasteiger partial charge < -0.3 is 4.79 Å². The van der Waals surface area contributed by atoms with Gasteiger partial charge in [-0.15, -0.1) is 0 Å². The van der Waals surface area contributed by atoms with Gasteiger partial charge in [-0.2, -0.15) is 0 Å². The number of unbranched alkanes of at least 4 members (excludes halogenated alkanes) is 8. The number of hydrogen-bond acceptors (Lipinski definition) is 1. The van der Waals surface area contributed by atoms with Gasteiger partial charge in [0, 0.05) is 12.8 Å². The molecular formula is C16H26O. The summed E-state index contributed by atoms with van der Waals surface area (Å²) in [5.74, 6) is 6.21. The summed E-state index contributed by atoms with van der Waals surface area (Å²) in [7, 11) is 0. The van der Waals surface area contributed by atoms with Crippen LogP contribution in [0.15, 0.2) is 12.2 Å². The Labute approximate surface area is 107 Å². The van der Waals surface area contributed by atoms with Gasteiger partial charge in [0.2, 0.25) is 0 Å². The molecule has 0 saturated heterocycles. The fourth-order valence-electron chi connectivity index (χ4n) is 1.63. The van der Waals surface area contributed by atoms with Crippen molar-refractivity contribution >= 4 is 6.29 Å². The third-order valence-electron chi connectivity index (χ3n) is 2.66. The van der Waals surface area contributed by atoms with Crippen molar-refractivity contribution in [1.82, 2.24) is 0 Å². The Kier molecular flexibility index (Phi) is 14.1. The summed E-state index contributed by atoms with van der Waals surface area (Å²) in [5.41, 5.74) is 0. The summed E-state index contributed by atoms with van der Waals surface area (Å²) >= 11 is 0. The summed E-state index contributed by atoms with van der Waals surface area (Å²) in [6.07, 6.45) is 16.6. The minimum absolute atomic E-state index is 0.737. The Balaban J connectivity index is 3.09. The van der Waals surface area contributed by atoms with Crippen molar-refractivity contribution < 1.29 is 4.79 Å². The lowest BCUT2D eigenvalue weighted by molar-refractivity contribution is -0.107. The molecule has 0 fully saturated rings. The molecular weight excluding hydrogens is 208 g/mol. The molecule has 0 aliphatic heterocycles. The van der Waals surface area contributed by atoms with E-state index in [1.807, 2.05) is 6.08 Å². The Morgan fingerprint density at radius 1 is 0.941 bits per heavy atom. The van der Waals surface area contributed by atoms with Gasteiger partial charge in [0.05, 0.1) is 0 Å². The van der Waals surface area contributed by atoms with Crippen LogP contribution in [0.5, 0.6) is 0 Å². The lowest BCUT2D eigenvalue weighted by Crippen LogP contribution is -1.81. The van der Waals surface area contributed by atoms with Crippen LogP contribution >= 0.6 is 0 Å². The van der Waals surface area contributed by atoms with Crippen LogP contribution in [0.1, 0.15) is 71.1 Å². The largest absolute Gasteiger partial charge is 0.303 e. The lowest BCUT2D eigenvalue weighted by atomic mass is 10.1. The molecule has 0 bridgehead atoms. The van der Waals surface area contributed by atoms with E-state index in [4.69, 9.17) is 0 Å². The van der Waals surface area contributed by atoms with E-state index in [1.165, 1.54) is 38.5 Å². The predicted molar refractivity (Wildman–Crippen MR) is 74.8 cm³/mol. The number of carbonyl (C=O) groups excluding carboxylic acids is 1. The zero-order valence-corrected chi connectivity index (χ0v) is 11.2. The van der Waals surface area contributed by atoms with Crippen molar-refractivity contribution in [2.24, 2.45) is 0 Å². The molecule has 0 amide bonds. The molecule has 0 spiro atoms. The molecule has 0 aliphatic rings. The van der Waals surface area contributed by atoms with Crippen molar-refractivity contribution in [3.8, 4) is 11.8 Å². The highest BCUT2D eigenvalue weighted by molar-refractivity contribution is 5.48. The number of hydrogen-bond donors (Lipinski definition) is 0. The SMILES string of the molecule is CCC=CC#CCCCCCCCCCC=O. The quantitative estimate of drug-likeness (QED) is 0.305. The minimum Gasteiger partial charge on any atom is -0.303 e. The molecule has 17 heavy (non-hydrogen) atoms. The van der Waals surface area contributed by atoms with E-state index in [9.17, 15) is 4.79 Å². The summed E-state index contributed by atoms with van der Waals surface area (Å²) in [5, 5.41) is 0. The van der Waals surface area contributed by atoms with Crippen LogP contribution in [0.25, 0.3) is 0 Å². The smallest absolute Gasteiger partial charge is 0.119 e. The standard InChI is InChI=1S/C16H26O/c1-2-3-4-5-6-7-8-9-10-11-12-13-14-15-16-17/h3-4,16H,2,7-15H2,1H3. The van der Waals surface area contributed by atoms with E-state index in [-0.39, 0.29) is 0 Å². The topological polar surface area (TPSA) is 17.1 Å². The zero-order valence-electron chi connectivity index (χ0n) is 11.2. The Morgan fingerprint density at radius 2 is 1.59 bits per heavy atom. The molecule has 0 aromatic carbocycles. The minimum atomic E-state index is 0.737. The second kappa shape index (κ2) is 15.0. The molecule has 1 heteroatoms. The third-order valence-corrected chi connectivity index (χ3v) is 2.66. The van der Waals surface area contributed by atoms with Crippen molar-refractivity contribution in [2.45, 2.75) is 71.1 Å². The van der Waals surface area contributed by atoms with Gasteiger partial charge in [-0.25, -0.2) is 0 Å². The molecule has 0 aromatic rings. The molecule has 0 saturated carbocycles. The fraction of sp³-hybridized carbons (Fsp3) is 0.688. The monoisotopic (exact) mass is 234 g/mol. The van der Waals surface area contributed by atoms with Crippen molar-refractivity contribution in [2.75, 3.05) is 0 Å². The Hall–Kier alpha value is -1.03. The second-order valence-corrected chi connectivity index (χ2v) is 4.31. The molecule has 0 rings (SSSR count). The van der Waals surface area contributed by atoms with Crippen LogP contribution in [0.4, 0.5) is 0 Å². The van der Waals surface area contributed by atoms with Gasteiger partial charge in [-0.3, -0.25) is 0 Å². The first-order chi connectivity index (χ1) is 8.41. The zero-order chi connectivity index (χ0) is 12.6. The highest BCUT2D eigenvalue weighted by Crippen LogP contribution is 2.08. The van der Waals surface area contributed by atoms with Gasteiger partial charge in [0.15, 0.2) is 0 Å². The van der Waals surface area contributed by atoms with Gasteiger partial charge in [0.25, 0.3) is 0 Å². The normalized spacial score (nSPS) is 10.2. The maximum atomic E-state index is 10.1. The first-order valence-corrected chi connectivity index (χ1v) is 6.98. The second-order valence-electron chi connectivity index (χ2n) is 4.31. The van der Waals surface area contributed by atoms with Gasteiger partial charge in [-0.1, -0.05) is 56.9 Å². The van der Waals surface area contributed by atoms with Crippen molar-refractivity contribution in [3.05, 3.63) is 12.2 Å². The molecule has 0 aliphatic carbocycles. The van der Waals surface area contributed by atoms with E-state index < -0.39 is 0 Å². The molecule has 0 unspecified atom stereocenters. The Bertz CT molecular complexity index is 242. The summed E-state index contributed by atoms with van der Waals surface area (Å²) in [6, 6.07) is 0. The number of rotatable bonds is 10. The maximum Gasteiger partial charge on any atom is 0.119 e. The van der Waals surface area contributed by atoms with Crippen molar-refractivity contribution in [1.29, 1.82) is 0 Å². The van der Waals surface area contributed by atoms with Crippen molar-refractivity contribution in [3.63, 3.8) is 0 Å². The lowest BCUT2D eigenvalue weighted by Gasteiger charge is -1.98. The Morgan fingerprint density at radius 3 is 2.24 bits per heavy atom. The molecule has 0 N–H and O–H groups in total. The molecule has 0 radical (unpaired) electrons. The first-order valence-electron chi connectivity index (χ1n) is 6.98. The fourth-order valence-corrected chi connectivity index (χ4v) is 1.63. The summed E-state index contributed by atoms with van der Waals surface area (Å²) < 4.78 is 0. The third kappa shape index (κ3) is 15.0. The van der Waals surface area contributed by atoms with E-state index in [2.05, 4.69) is 24.8 Å². The van der Waals surface area contributed by atoms with E-state index in [1.54, 1.807) is 0 Å². The molecule has 96 valence electrons. The van der Waals surface area contributed by atoms with Crippen LogP contribution in [0.2, 0.25) is 0 Å². The number of allylic oxidation sites excluding steroid dienone is 2. The van der Waals surface area contributed by atoms with E-state index in [0.29, 0.717) is 0 Å². The van der Waals surface area contributed by atoms with E-state index in [0.717, 1.165) is 32.0 Å². The van der Waals surface area contributed by atoms with Crippen LogP contribution in [-0.4, -0.2) is 6.29 Å². The average Bonchev–Trinajstić information content (AvgIpc) is 2.35. The summed E-state index contributed by atoms with van der Waals surface area (Å²) in [6.45, 7) is 2.12.